The number of hydrogen-bond donors (Lipinski definition) is 1. The molecule has 1 unspecified atom stereocenters. The Labute approximate surface area is 69.4 Å². The van der Waals surface area contributed by atoms with Gasteiger partial charge in [0.1, 0.15) is 5.78 Å². The molecule has 0 bridgehead atoms. The number of nitrogens with one attached hydrogen (secondary N) is 1. The Kier molecular flexibility index (Phi) is 5.12. The van der Waals surface area contributed by atoms with Crippen LogP contribution in [0.15, 0.2) is 0 Å². The molecule has 0 fully saturated rings. The van der Waals surface area contributed by atoms with Gasteiger partial charge in [0, 0.05) is 6.42 Å². The molecule has 0 saturated carbocycles. The van der Waals surface area contributed by atoms with Crippen molar-refractivity contribution in [1.82, 2.24) is 5.32 Å². The van der Waals surface area contributed by atoms with Crippen LogP contribution < -0.4 is 5.32 Å². The second-order valence-corrected chi connectivity index (χ2v) is 3.31. The van der Waals surface area contributed by atoms with Crippen LogP contribution in [-0.2, 0) is 4.79 Å². The topological polar surface area (TPSA) is 29.1 Å². The van der Waals surface area contributed by atoms with Crippen LogP contribution in [0.5, 0.6) is 0 Å². The SMILES string of the molecule is CCC(NC)C(=O)CC(C)C. The van der Waals surface area contributed by atoms with Crippen molar-refractivity contribution in [3.05, 3.63) is 0 Å². The number of carbonyl (C=O) groups is 1. The van der Waals surface area contributed by atoms with Crippen LogP contribution >= 0.6 is 0 Å². The van der Waals surface area contributed by atoms with Crippen molar-refractivity contribution < 1.29 is 4.79 Å². The molecular formula is C9H19NO. The highest BCUT2D eigenvalue weighted by Crippen LogP contribution is 2.04. The highest BCUT2D eigenvalue weighted by Gasteiger charge is 2.14. The average molecular weight is 157 g/mol. The van der Waals surface area contributed by atoms with Gasteiger partial charge in [-0.1, -0.05) is 20.8 Å². The molecular weight excluding hydrogens is 138 g/mol. The van der Waals surface area contributed by atoms with E-state index in [1.807, 2.05) is 14.0 Å². The molecule has 0 amide bonds. The Morgan fingerprint density at radius 3 is 2.27 bits per heavy atom. The summed E-state index contributed by atoms with van der Waals surface area (Å²) in [6.07, 6.45) is 1.58. The lowest BCUT2D eigenvalue weighted by Crippen LogP contribution is -2.33. The third-order valence-corrected chi connectivity index (χ3v) is 1.75. The third-order valence-electron chi connectivity index (χ3n) is 1.75. The number of ketones is 1. The number of carbonyl (C=O) groups excluding carboxylic acids is 1. The maximum Gasteiger partial charge on any atom is 0.149 e. The van der Waals surface area contributed by atoms with Gasteiger partial charge in [-0.15, -0.1) is 0 Å². The van der Waals surface area contributed by atoms with Gasteiger partial charge in [-0.3, -0.25) is 4.79 Å². The highest BCUT2D eigenvalue weighted by atomic mass is 16.1. The minimum atomic E-state index is 0.0670. The molecule has 0 aliphatic carbocycles. The predicted molar refractivity (Wildman–Crippen MR) is 47.6 cm³/mol. The highest BCUT2D eigenvalue weighted by molar-refractivity contribution is 5.84. The molecule has 0 rings (SSSR count). The third kappa shape index (κ3) is 4.14. The van der Waals surface area contributed by atoms with E-state index in [2.05, 4.69) is 19.2 Å². The van der Waals surface area contributed by atoms with E-state index in [9.17, 15) is 4.79 Å². The summed E-state index contributed by atoms with van der Waals surface area (Å²) in [5.74, 6) is 0.815. The summed E-state index contributed by atoms with van der Waals surface area (Å²) in [7, 11) is 1.84. The van der Waals surface area contributed by atoms with Crippen molar-refractivity contribution in [2.24, 2.45) is 5.92 Å². The summed E-state index contributed by atoms with van der Waals surface area (Å²) >= 11 is 0. The van der Waals surface area contributed by atoms with E-state index in [0.29, 0.717) is 18.1 Å². The Morgan fingerprint density at radius 2 is 2.00 bits per heavy atom. The number of hydrogen-bond acceptors (Lipinski definition) is 2. The Morgan fingerprint density at radius 1 is 1.45 bits per heavy atom. The molecule has 2 heteroatoms. The van der Waals surface area contributed by atoms with E-state index in [0.717, 1.165) is 6.42 Å². The normalized spacial score (nSPS) is 13.5. The van der Waals surface area contributed by atoms with E-state index >= 15 is 0 Å². The standard InChI is InChI=1S/C9H19NO/c1-5-8(10-4)9(11)6-7(2)3/h7-8,10H,5-6H2,1-4H3. The van der Waals surface area contributed by atoms with Crippen LogP contribution in [-0.4, -0.2) is 18.9 Å². The Hall–Kier alpha value is -0.370. The number of rotatable bonds is 5. The lowest BCUT2D eigenvalue weighted by Gasteiger charge is -2.13. The molecule has 1 N–H and O–H groups in total. The molecule has 11 heavy (non-hydrogen) atoms. The molecule has 0 aliphatic rings. The predicted octanol–water partition coefficient (Wildman–Crippen LogP) is 1.60. The largest absolute Gasteiger partial charge is 0.311 e. The van der Waals surface area contributed by atoms with E-state index in [1.165, 1.54) is 0 Å². The van der Waals surface area contributed by atoms with E-state index in [4.69, 9.17) is 0 Å². The van der Waals surface area contributed by atoms with Crippen LogP contribution in [0.4, 0.5) is 0 Å². The van der Waals surface area contributed by atoms with Gasteiger partial charge < -0.3 is 5.32 Å². The first-order valence-corrected chi connectivity index (χ1v) is 4.31. The van der Waals surface area contributed by atoms with Gasteiger partial charge in [-0.2, -0.15) is 0 Å². The van der Waals surface area contributed by atoms with Crippen LogP contribution in [0.2, 0.25) is 0 Å². The van der Waals surface area contributed by atoms with Crippen LogP contribution in [0, 0.1) is 5.92 Å². The maximum atomic E-state index is 11.4. The number of likely N-dealkylation sites (N-methyl/N-ethyl adjacent to an activating group) is 1. The minimum absolute atomic E-state index is 0.0670. The Bertz CT molecular complexity index is 117. The zero-order valence-corrected chi connectivity index (χ0v) is 7.98. The molecule has 0 heterocycles. The quantitative estimate of drug-likeness (QED) is 0.656. The molecule has 0 saturated heterocycles. The van der Waals surface area contributed by atoms with Gasteiger partial charge in [0.05, 0.1) is 6.04 Å². The Balaban J connectivity index is 3.79. The molecule has 0 aliphatic heterocycles. The van der Waals surface area contributed by atoms with E-state index in [1.54, 1.807) is 0 Å². The fraction of sp³-hybridized carbons (Fsp3) is 0.889. The first-order chi connectivity index (χ1) is 5.11. The van der Waals surface area contributed by atoms with Crippen molar-refractivity contribution in [2.75, 3.05) is 7.05 Å². The zero-order chi connectivity index (χ0) is 8.85. The summed E-state index contributed by atoms with van der Waals surface area (Å²) in [6, 6.07) is 0.0670. The molecule has 2 nitrogen and oxygen atoms in total. The van der Waals surface area contributed by atoms with Crippen molar-refractivity contribution in [3.8, 4) is 0 Å². The maximum absolute atomic E-state index is 11.4. The van der Waals surface area contributed by atoms with Crippen molar-refractivity contribution in [2.45, 2.75) is 39.7 Å². The number of Topliss-reactive ketones (excluding diaryl/α,β-unsaturated/α-hetero) is 1. The van der Waals surface area contributed by atoms with E-state index < -0.39 is 0 Å². The van der Waals surface area contributed by atoms with Crippen molar-refractivity contribution >= 4 is 5.78 Å². The van der Waals surface area contributed by atoms with Gasteiger partial charge in [0.15, 0.2) is 0 Å². The smallest absolute Gasteiger partial charge is 0.149 e. The lowest BCUT2D eigenvalue weighted by molar-refractivity contribution is -0.121. The molecule has 0 aromatic heterocycles. The summed E-state index contributed by atoms with van der Waals surface area (Å²) < 4.78 is 0. The average Bonchev–Trinajstić information content (AvgIpc) is 1.88. The summed E-state index contributed by atoms with van der Waals surface area (Å²) in [6.45, 7) is 6.17. The van der Waals surface area contributed by atoms with Crippen molar-refractivity contribution in [3.63, 3.8) is 0 Å². The zero-order valence-electron chi connectivity index (χ0n) is 7.98. The fourth-order valence-corrected chi connectivity index (χ4v) is 1.14. The van der Waals surface area contributed by atoms with Crippen LogP contribution in [0.1, 0.15) is 33.6 Å². The monoisotopic (exact) mass is 157 g/mol. The minimum Gasteiger partial charge on any atom is -0.311 e. The van der Waals surface area contributed by atoms with Crippen LogP contribution in [0.25, 0.3) is 0 Å². The summed E-state index contributed by atoms with van der Waals surface area (Å²) in [4.78, 5) is 11.4. The molecule has 0 aromatic carbocycles. The van der Waals surface area contributed by atoms with Gasteiger partial charge in [0.2, 0.25) is 0 Å². The van der Waals surface area contributed by atoms with Gasteiger partial charge in [0.25, 0.3) is 0 Å². The lowest BCUT2D eigenvalue weighted by atomic mass is 10.0. The fourth-order valence-electron chi connectivity index (χ4n) is 1.14. The second-order valence-electron chi connectivity index (χ2n) is 3.31. The van der Waals surface area contributed by atoms with E-state index in [-0.39, 0.29) is 6.04 Å². The molecule has 66 valence electrons. The summed E-state index contributed by atoms with van der Waals surface area (Å²) in [5, 5.41) is 3.01. The second kappa shape index (κ2) is 5.30. The van der Waals surface area contributed by atoms with Crippen molar-refractivity contribution in [1.29, 1.82) is 0 Å². The molecule has 0 radical (unpaired) electrons. The molecule has 0 spiro atoms. The first-order valence-electron chi connectivity index (χ1n) is 4.31. The van der Waals surface area contributed by atoms with Gasteiger partial charge >= 0.3 is 0 Å². The van der Waals surface area contributed by atoms with Gasteiger partial charge in [-0.25, -0.2) is 0 Å². The molecule has 1 atom stereocenters. The first kappa shape index (κ1) is 10.6. The summed E-state index contributed by atoms with van der Waals surface area (Å²) in [5.41, 5.74) is 0. The molecule has 0 aromatic rings. The van der Waals surface area contributed by atoms with Crippen LogP contribution in [0.3, 0.4) is 0 Å². The van der Waals surface area contributed by atoms with Gasteiger partial charge in [-0.05, 0) is 19.4 Å².